The highest BCUT2D eigenvalue weighted by atomic mass is 79.9. The Morgan fingerprint density at radius 3 is 3.00 bits per heavy atom. The molecule has 2 rings (SSSR count). The summed E-state index contributed by atoms with van der Waals surface area (Å²) in [4.78, 5) is 0. The molecular weight excluding hydrogens is 300 g/mol. The van der Waals surface area contributed by atoms with Gasteiger partial charge in [0.15, 0.2) is 0 Å². The topological polar surface area (TPSA) is 35.8 Å². The van der Waals surface area contributed by atoms with Crippen molar-refractivity contribution in [1.82, 2.24) is 5.32 Å². The van der Waals surface area contributed by atoms with Crippen LogP contribution < -0.4 is 5.32 Å². The maximum Gasteiger partial charge on any atom is 0.0672 e. The first-order valence-corrected chi connectivity index (χ1v) is 6.94. The van der Waals surface area contributed by atoms with Crippen molar-refractivity contribution in [3.8, 4) is 6.07 Å². The third kappa shape index (κ3) is 3.22. The lowest BCUT2D eigenvalue weighted by Gasteiger charge is -2.16. The number of hydrogen-bond acceptors (Lipinski definition) is 2. The molecule has 0 heterocycles. The van der Waals surface area contributed by atoms with Crippen LogP contribution in [-0.2, 0) is 6.54 Å². The zero-order valence-electron chi connectivity index (χ0n) is 9.42. The molecule has 0 aromatic heterocycles. The van der Waals surface area contributed by atoms with Gasteiger partial charge in [0, 0.05) is 22.1 Å². The first-order valence-electron chi connectivity index (χ1n) is 5.77. The summed E-state index contributed by atoms with van der Waals surface area (Å²) in [6.07, 6.45) is 3.27. The SMILES string of the molecule is N#CC1CCCC1NCc1ccc(Cl)cc1Br. The van der Waals surface area contributed by atoms with Crippen LogP contribution in [-0.4, -0.2) is 6.04 Å². The quantitative estimate of drug-likeness (QED) is 0.919. The maximum atomic E-state index is 9.01. The molecule has 2 atom stereocenters. The molecule has 1 aromatic carbocycles. The van der Waals surface area contributed by atoms with Crippen molar-refractivity contribution < 1.29 is 0 Å². The number of halogens is 2. The predicted molar refractivity (Wildman–Crippen MR) is 72.7 cm³/mol. The van der Waals surface area contributed by atoms with Crippen molar-refractivity contribution in [2.45, 2.75) is 31.8 Å². The van der Waals surface area contributed by atoms with Crippen LogP contribution in [0.4, 0.5) is 0 Å². The van der Waals surface area contributed by atoms with Crippen molar-refractivity contribution >= 4 is 27.5 Å². The van der Waals surface area contributed by atoms with E-state index in [2.05, 4.69) is 27.3 Å². The van der Waals surface area contributed by atoms with E-state index in [-0.39, 0.29) is 5.92 Å². The van der Waals surface area contributed by atoms with Crippen molar-refractivity contribution in [1.29, 1.82) is 5.26 Å². The predicted octanol–water partition coefficient (Wildman–Crippen LogP) is 3.88. The molecule has 1 aromatic rings. The molecule has 2 unspecified atom stereocenters. The lowest BCUT2D eigenvalue weighted by molar-refractivity contribution is 0.464. The Kier molecular flexibility index (Phi) is 4.44. The van der Waals surface area contributed by atoms with Crippen molar-refractivity contribution in [2.75, 3.05) is 0 Å². The van der Waals surface area contributed by atoms with Gasteiger partial charge in [-0.3, -0.25) is 0 Å². The number of nitrogens with zero attached hydrogens (tertiary/aromatic N) is 1. The van der Waals surface area contributed by atoms with Gasteiger partial charge in [0.2, 0.25) is 0 Å². The van der Waals surface area contributed by atoms with Gasteiger partial charge in [-0.1, -0.05) is 40.0 Å². The second-order valence-corrected chi connectivity index (χ2v) is 5.68. The first-order chi connectivity index (χ1) is 8.20. The molecule has 0 saturated heterocycles. The summed E-state index contributed by atoms with van der Waals surface area (Å²) < 4.78 is 1.02. The molecule has 1 fully saturated rings. The smallest absolute Gasteiger partial charge is 0.0672 e. The number of hydrogen-bond donors (Lipinski definition) is 1. The van der Waals surface area contributed by atoms with Gasteiger partial charge in [-0.05, 0) is 30.5 Å². The van der Waals surface area contributed by atoms with Gasteiger partial charge in [-0.2, -0.15) is 5.26 Å². The summed E-state index contributed by atoms with van der Waals surface area (Å²) in [7, 11) is 0. The van der Waals surface area contributed by atoms with E-state index in [9.17, 15) is 0 Å². The highest BCUT2D eigenvalue weighted by Gasteiger charge is 2.26. The number of benzene rings is 1. The highest BCUT2D eigenvalue weighted by Crippen LogP contribution is 2.26. The fourth-order valence-corrected chi connectivity index (χ4v) is 3.09. The van der Waals surface area contributed by atoms with Crippen LogP contribution in [0.1, 0.15) is 24.8 Å². The summed E-state index contributed by atoms with van der Waals surface area (Å²) in [5.74, 6) is 0.168. The second-order valence-electron chi connectivity index (χ2n) is 4.39. The minimum absolute atomic E-state index is 0.168. The molecule has 1 aliphatic rings. The van der Waals surface area contributed by atoms with E-state index < -0.39 is 0 Å². The largest absolute Gasteiger partial charge is 0.309 e. The Labute approximate surface area is 115 Å². The molecule has 0 aliphatic heterocycles. The van der Waals surface area contributed by atoms with Gasteiger partial charge in [-0.25, -0.2) is 0 Å². The average Bonchev–Trinajstić information content (AvgIpc) is 2.75. The zero-order valence-corrected chi connectivity index (χ0v) is 11.8. The highest BCUT2D eigenvalue weighted by molar-refractivity contribution is 9.10. The lowest BCUT2D eigenvalue weighted by Crippen LogP contribution is -2.31. The van der Waals surface area contributed by atoms with Crippen molar-refractivity contribution in [3.05, 3.63) is 33.3 Å². The number of nitriles is 1. The van der Waals surface area contributed by atoms with Crippen LogP contribution >= 0.6 is 27.5 Å². The Morgan fingerprint density at radius 1 is 1.47 bits per heavy atom. The van der Waals surface area contributed by atoms with Crippen molar-refractivity contribution in [3.63, 3.8) is 0 Å². The molecule has 17 heavy (non-hydrogen) atoms. The molecule has 4 heteroatoms. The van der Waals surface area contributed by atoms with Gasteiger partial charge in [-0.15, -0.1) is 0 Å². The summed E-state index contributed by atoms with van der Waals surface area (Å²) >= 11 is 9.40. The van der Waals surface area contributed by atoms with Gasteiger partial charge >= 0.3 is 0 Å². The Balaban J connectivity index is 1.96. The van der Waals surface area contributed by atoms with Crippen LogP contribution in [0.5, 0.6) is 0 Å². The second kappa shape index (κ2) is 5.86. The van der Waals surface area contributed by atoms with Gasteiger partial charge in [0.1, 0.15) is 0 Å². The lowest BCUT2D eigenvalue weighted by atomic mass is 10.1. The van der Waals surface area contributed by atoms with Crippen molar-refractivity contribution in [2.24, 2.45) is 5.92 Å². The monoisotopic (exact) mass is 312 g/mol. The van der Waals surface area contributed by atoms with Gasteiger partial charge in [0.25, 0.3) is 0 Å². The summed E-state index contributed by atoms with van der Waals surface area (Å²) in [6.45, 7) is 0.778. The summed E-state index contributed by atoms with van der Waals surface area (Å²) in [6, 6.07) is 8.51. The minimum Gasteiger partial charge on any atom is -0.309 e. The normalized spacial score (nSPS) is 23.6. The van der Waals surface area contributed by atoms with Gasteiger partial charge < -0.3 is 5.32 Å². The van der Waals surface area contributed by atoms with Crippen LogP contribution in [0.25, 0.3) is 0 Å². The Hall–Kier alpha value is -0.560. The van der Waals surface area contributed by atoms with E-state index >= 15 is 0 Å². The standard InChI is InChI=1S/C13H14BrClN2/c14-12-6-11(15)5-4-10(12)8-17-13-3-1-2-9(13)7-16/h4-6,9,13,17H,1-3,8H2. The van der Waals surface area contributed by atoms with E-state index in [4.69, 9.17) is 16.9 Å². The molecule has 1 saturated carbocycles. The third-order valence-corrected chi connectivity index (χ3v) is 4.22. The number of nitrogens with one attached hydrogen (secondary N) is 1. The molecule has 0 spiro atoms. The van der Waals surface area contributed by atoms with E-state index in [0.29, 0.717) is 6.04 Å². The van der Waals surface area contributed by atoms with E-state index in [1.807, 2.05) is 18.2 Å². The third-order valence-electron chi connectivity index (χ3n) is 3.25. The van der Waals surface area contributed by atoms with E-state index in [0.717, 1.165) is 35.3 Å². The molecule has 1 N–H and O–H groups in total. The Morgan fingerprint density at radius 2 is 2.29 bits per heavy atom. The van der Waals surface area contributed by atoms with Crippen LogP contribution in [0.3, 0.4) is 0 Å². The summed E-state index contributed by atoms with van der Waals surface area (Å²) in [5.41, 5.74) is 1.18. The minimum atomic E-state index is 0.168. The molecular formula is C13H14BrClN2. The fourth-order valence-electron chi connectivity index (χ4n) is 2.26. The fraction of sp³-hybridized carbons (Fsp3) is 0.462. The molecule has 2 nitrogen and oxygen atoms in total. The Bertz CT molecular complexity index is 442. The summed E-state index contributed by atoms with van der Waals surface area (Å²) in [5, 5.41) is 13.2. The maximum absolute atomic E-state index is 9.01. The molecule has 0 bridgehead atoms. The first kappa shape index (κ1) is 12.9. The average molecular weight is 314 g/mol. The number of rotatable bonds is 3. The van der Waals surface area contributed by atoms with Crippen LogP contribution in [0.2, 0.25) is 5.02 Å². The molecule has 90 valence electrons. The molecule has 0 radical (unpaired) electrons. The van der Waals surface area contributed by atoms with Crippen LogP contribution in [0, 0.1) is 17.2 Å². The van der Waals surface area contributed by atoms with Gasteiger partial charge in [0.05, 0.1) is 12.0 Å². The van der Waals surface area contributed by atoms with E-state index in [1.165, 1.54) is 5.56 Å². The van der Waals surface area contributed by atoms with E-state index in [1.54, 1.807) is 0 Å². The molecule has 0 amide bonds. The molecule has 1 aliphatic carbocycles. The van der Waals surface area contributed by atoms with Crippen LogP contribution in [0.15, 0.2) is 22.7 Å². The zero-order chi connectivity index (χ0) is 12.3.